The quantitative estimate of drug-likeness (QED) is 0.0644. The molecule has 0 bridgehead atoms. The zero-order chi connectivity index (χ0) is 32.4. The first kappa shape index (κ1) is 40.7. The van der Waals surface area contributed by atoms with Gasteiger partial charge in [-0.1, -0.05) is 123 Å². The molecular formula is C34H64O10. The van der Waals surface area contributed by atoms with Crippen molar-refractivity contribution >= 4 is 11.9 Å². The van der Waals surface area contributed by atoms with Gasteiger partial charge in [0.25, 0.3) is 0 Å². The molecule has 10 heteroatoms. The average Bonchev–Trinajstić information content (AvgIpc) is 3.01. The number of esters is 2. The second-order valence-corrected chi connectivity index (χ2v) is 12.3. The monoisotopic (exact) mass is 632 g/mol. The zero-order valence-electron chi connectivity index (χ0n) is 27.7. The van der Waals surface area contributed by atoms with Crippen LogP contribution in [0.1, 0.15) is 149 Å². The van der Waals surface area contributed by atoms with Gasteiger partial charge in [0.1, 0.15) is 31.0 Å². The van der Waals surface area contributed by atoms with E-state index in [0.717, 1.165) is 19.3 Å². The molecule has 0 aromatic heterocycles. The number of hydrogen-bond donors (Lipinski definition) is 4. The smallest absolute Gasteiger partial charge is 0.306 e. The van der Waals surface area contributed by atoms with Crippen LogP contribution in [0.2, 0.25) is 0 Å². The summed E-state index contributed by atoms with van der Waals surface area (Å²) in [5.74, 6) is -0.861. The van der Waals surface area contributed by atoms with Crippen molar-refractivity contribution in [1.82, 2.24) is 0 Å². The largest absolute Gasteiger partial charge is 0.462 e. The molecular weight excluding hydrogens is 568 g/mol. The Bertz CT molecular complexity index is 704. The molecule has 1 fully saturated rings. The van der Waals surface area contributed by atoms with Gasteiger partial charge < -0.3 is 39.4 Å². The minimum Gasteiger partial charge on any atom is -0.462 e. The van der Waals surface area contributed by atoms with Gasteiger partial charge in [-0.3, -0.25) is 9.59 Å². The van der Waals surface area contributed by atoms with Crippen LogP contribution in [0.4, 0.5) is 0 Å². The van der Waals surface area contributed by atoms with E-state index in [1.165, 1.54) is 89.9 Å². The van der Waals surface area contributed by atoms with Crippen LogP contribution < -0.4 is 0 Å². The molecule has 0 spiro atoms. The van der Waals surface area contributed by atoms with Crippen molar-refractivity contribution < 1.29 is 49.0 Å². The normalized spacial score (nSPS) is 22.5. The molecule has 1 aliphatic rings. The fourth-order valence-corrected chi connectivity index (χ4v) is 5.40. The third-order valence-corrected chi connectivity index (χ3v) is 8.21. The second kappa shape index (κ2) is 26.9. The lowest BCUT2D eigenvalue weighted by molar-refractivity contribution is -0.305. The van der Waals surface area contributed by atoms with E-state index in [1.807, 2.05) is 6.92 Å². The summed E-state index contributed by atoms with van der Waals surface area (Å²) in [7, 11) is 0. The Morgan fingerprint density at radius 2 is 1.11 bits per heavy atom. The fraction of sp³-hybridized carbons (Fsp3) is 0.941. The van der Waals surface area contributed by atoms with Crippen LogP contribution in [-0.4, -0.2) is 89.0 Å². The van der Waals surface area contributed by atoms with Crippen molar-refractivity contribution in [2.24, 2.45) is 0 Å². The first-order valence-electron chi connectivity index (χ1n) is 17.6. The van der Waals surface area contributed by atoms with Crippen LogP contribution in [-0.2, 0) is 28.5 Å². The van der Waals surface area contributed by atoms with Gasteiger partial charge in [-0.2, -0.15) is 0 Å². The number of aliphatic hydroxyl groups is 4. The first-order valence-corrected chi connectivity index (χ1v) is 17.6. The maximum atomic E-state index is 12.5. The second-order valence-electron chi connectivity index (χ2n) is 12.3. The molecule has 10 nitrogen and oxygen atoms in total. The number of hydrogen-bond acceptors (Lipinski definition) is 10. The molecule has 0 amide bonds. The van der Waals surface area contributed by atoms with Crippen molar-refractivity contribution in [3.63, 3.8) is 0 Å². The zero-order valence-corrected chi connectivity index (χ0v) is 27.7. The van der Waals surface area contributed by atoms with Crippen LogP contribution in [0.25, 0.3) is 0 Å². The van der Waals surface area contributed by atoms with Gasteiger partial charge in [-0.15, -0.1) is 0 Å². The summed E-state index contributed by atoms with van der Waals surface area (Å²) in [5, 5.41) is 39.5. The summed E-state index contributed by atoms with van der Waals surface area (Å²) in [6.45, 7) is 3.03. The number of carbonyl (C=O) groups excluding carboxylic acids is 2. The van der Waals surface area contributed by atoms with E-state index in [-0.39, 0.29) is 26.1 Å². The molecule has 4 N–H and O–H groups in total. The van der Waals surface area contributed by atoms with Gasteiger partial charge >= 0.3 is 11.9 Å². The van der Waals surface area contributed by atoms with Gasteiger partial charge in [-0.25, -0.2) is 0 Å². The molecule has 1 rings (SSSR count). The highest BCUT2D eigenvalue weighted by molar-refractivity contribution is 5.70. The highest BCUT2D eigenvalue weighted by atomic mass is 16.7. The lowest BCUT2D eigenvalue weighted by Gasteiger charge is -2.39. The van der Waals surface area contributed by atoms with Gasteiger partial charge in [0.05, 0.1) is 13.2 Å². The Morgan fingerprint density at radius 3 is 1.59 bits per heavy atom. The molecule has 6 unspecified atom stereocenters. The van der Waals surface area contributed by atoms with Crippen LogP contribution in [0.3, 0.4) is 0 Å². The van der Waals surface area contributed by atoms with Crippen molar-refractivity contribution in [3.05, 3.63) is 0 Å². The molecule has 0 saturated carbocycles. The lowest BCUT2D eigenvalue weighted by atomic mass is 9.99. The summed E-state index contributed by atoms with van der Waals surface area (Å²) in [6, 6.07) is 0. The Labute approximate surface area is 266 Å². The standard InChI is InChI=1S/C34H64O10/c1-3-5-6-7-8-9-10-11-12-13-14-15-16-17-18-19-20-21-23-30(37)43-27(25-41-29(36)22-4-2)26-42-34-33(40)32(39)31(38)28(24-35)44-34/h27-28,31-35,38-40H,3-26H2,1-2H3. The van der Waals surface area contributed by atoms with Crippen LogP contribution in [0.15, 0.2) is 0 Å². The van der Waals surface area contributed by atoms with Gasteiger partial charge in [-0.05, 0) is 12.8 Å². The molecule has 0 aliphatic carbocycles. The summed E-state index contributed by atoms with van der Waals surface area (Å²) < 4.78 is 21.6. The number of unbranched alkanes of at least 4 members (excludes halogenated alkanes) is 17. The van der Waals surface area contributed by atoms with E-state index < -0.39 is 55.4 Å². The Hall–Kier alpha value is -1.30. The molecule has 6 atom stereocenters. The van der Waals surface area contributed by atoms with Gasteiger partial charge in [0.15, 0.2) is 12.4 Å². The van der Waals surface area contributed by atoms with Crippen molar-refractivity contribution in [2.45, 2.75) is 185 Å². The Balaban J connectivity index is 2.18. The molecule has 1 heterocycles. The summed E-state index contributed by atoms with van der Waals surface area (Å²) in [5.41, 5.74) is 0. The number of ether oxygens (including phenoxy) is 4. The fourth-order valence-electron chi connectivity index (χ4n) is 5.40. The molecule has 44 heavy (non-hydrogen) atoms. The van der Waals surface area contributed by atoms with Gasteiger partial charge in [0.2, 0.25) is 0 Å². The molecule has 1 aliphatic heterocycles. The Morgan fingerprint density at radius 1 is 0.614 bits per heavy atom. The van der Waals surface area contributed by atoms with Gasteiger partial charge in [0, 0.05) is 12.8 Å². The van der Waals surface area contributed by atoms with E-state index >= 15 is 0 Å². The number of rotatable bonds is 28. The predicted octanol–water partition coefficient (Wildman–Crippen LogP) is 5.49. The molecule has 1 saturated heterocycles. The first-order chi connectivity index (χ1) is 21.3. The van der Waals surface area contributed by atoms with E-state index in [1.54, 1.807) is 0 Å². The lowest BCUT2D eigenvalue weighted by Crippen LogP contribution is -2.59. The minimum atomic E-state index is -1.58. The number of carbonyl (C=O) groups is 2. The summed E-state index contributed by atoms with van der Waals surface area (Å²) >= 11 is 0. The number of aliphatic hydroxyl groups excluding tert-OH is 4. The minimum absolute atomic E-state index is 0.221. The average molecular weight is 633 g/mol. The van der Waals surface area contributed by atoms with Crippen molar-refractivity contribution in [3.8, 4) is 0 Å². The SMILES string of the molecule is CCCCCCCCCCCCCCCCCCCCC(=O)OC(COC(=O)CCC)COC1OC(CO)C(O)C(O)C1O. The molecule has 0 aromatic rings. The molecule has 0 aromatic carbocycles. The van der Waals surface area contributed by atoms with E-state index in [2.05, 4.69) is 6.92 Å². The summed E-state index contributed by atoms with van der Waals surface area (Å²) in [6.07, 6.45) is 15.8. The summed E-state index contributed by atoms with van der Waals surface area (Å²) in [4.78, 5) is 24.3. The maximum absolute atomic E-state index is 12.5. The van der Waals surface area contributed by atoms with E-state index in [9.17, 15) is 30.0 Å². The van der Waals surface area contributed by atoms with E-state index in [4.69, 9.17) is 18.9 Å². The van der Waals surface area contributed by atoms with Crippen LogP contribution in [0, 0.1) is 0 Å². The van der Waals surface area contributed by atoms with Crippen molar-refractivity contribution in [2.75, 3.05) is 19.8 Å². The predicted molar refractivity (Wildman–Crippen MR) is 169 cm³/mol. The maximum Gasteiger partial charge on any atom is 0.306 e. The highest BCUT2D eigenvalue weighted by Crippen LogP contribution is 2.22. The van der Waals surface area contributed by atoms with Crippen molar-refractivity contribution in [1.29, 1.82) is 0 Å². The third kappa shape index (κ3) is 19.3. The topological polar surface area (TPSA) is 152 Å². The third-order valence-electron chi connectivity index (χ3n) is 8.21. The van der Waals surface area contributed by atoms with Crippen LogP contribution >= 0.6 is 0 Å². The molecule has 0 radical (unpaired) electrons. The van der Waals surface area contributed by atoms with Crippen LogP contribution in [0.5, 0.6) is 0 Å². The highest BCUT2D eigenvalue weighted by Gasteiger charge is 2.44. The van der Waals surface area contributed by atoms with E-state index in [0.29, 0.717) is 12.8 Å². The Kier molecular flexibility index (Phi) is 24.9. The molecule has 260 valence electrons.